The van der Waals surface area contributed by atoms with Crippen molar-refractivity contribution in [3.05, 3.63) is 65.0 Å². The van der Waals surface area contributed by atoms with Crippen molar-refractivity contribution in [3.8, 4) is 11.8 Å². The van der Waals surface area contributed by atoms with E-state index in [1.165, 1.54) is 30.3 Å². The zero-order valence-corrected chi connectivity index (χ0v) is 16.0. The molecule has 2 aromatic rings. The van der Waals surface area contributed by atoms with Crippen LogP contribution in [0, 0.1) is 30.5 Å². The Kier molecular flexibility index (Phi) is 6.37. The van der Waals surface area contributed by atoms with Crippen molar-refractivity contribution < 1.29 is 22.7 Å². The number of nitrogens with one attached hydrogen (secondary N) is 1. The van der Waals surface area contributed by atoms with E-state index in [4.69, 9.17) is 5.11 Å². The Morgan fingerprint density at radius 1 is 1.07 bits per heavy atom. The Balaban J connectivity index is 2.20. The molecule has 0 aliphatic heterocycles. The summed E-state index contributed by atoms with van der Waals surface area (Å²) < 4.78 is 40.4. The summed E-state index contributed by atoms with van der Waals surface area (Å²) in [7, 11) is -3.97. The summed E-state index contributed by atoms with van der Waals surface area (Å²) in [6, 6.07) is 9.17. The number of aliphatic carboxylic acids is 1. The molecule has 0 aromatic heterocycles. The van der Waals surface area contributed by atoms with Crippen molar-refractivity contribution in [1.29, 1.82) is 0 Å². The van der Waals surface area contributed by atoms with Crippen LogP contribution in [0.5, 0.6) is 0 Å². The smallest absolute Gasteiger partial charge is 0.322 e. The van der Waals surface area contributed by atoms with Crippen LogP contribution in [0.15, 0.2) is 47.4 Å². The third kappa shape index (κ3) is 5.39. The minimum absolute atomic E-state index is 0.0543. The highest BCUT2D eigenvalue weighted by Gasteiger charge is 2.27. The van der Waals surface area contributed by atoms with Gasteiger partial charge in [-0.25, -0.2) is 12.8 Å². The van der Waals surface area contributed by atoms with E-state index in [9.17, 15) is 17.6 Å². The molecule has 0 aliphatic rings. The van der Waals surface area contributed by atoms with Gasteiger partial charge in [0.1, 0.15) is 11.9 Å². The van der Waals surface area contributed by atoms with E-state index < -0.39 is 28.0 Å². The molecule has 0 radical (unpaired) electrons. The molecular formula is C20H20FNO4S. The van der Waals surface area contributed by atoms with Crippen molar-refractivity contribution in [2.75, 3.05) is 0 Å². The highest BCUT2D eigenvalue weighted by Crippen LogP contribution is 2.14. The molecule has 7 heteroatoms. The summed E-state index contributed by atoms with van der Waals surface area (Å²) in [4.78, 5) is 11.1. The molecule has 0 amide bonds. The zero-order valence-electron chi connectivity index (χ0n) is 15.2. The molecule has 0 spiro atoms. The number of hydrogen-bond acceptors (Lipinski definition) is 3. The number of carboxylic acid groups (broad SMARTS) is 1. The number of aryl methyl sites for hydroxylation is 1. The number of halogens is 1. The second-order valence-electron chi connectivity index (χ2n) is 6.42. The highest BCUT2D eigenvalue weighted by atomic mass is 32.2. The van der Waals surface area contributed by atoms with E-state index in [0.717, 1.165) is 0 Å². The maximum atomic E-state index is 13.5. The van der Waals surface area contributed by atoms with Crippen LogP contribution >= 0.6 is 0 Å². The van der Waals surface area contributed by atoms with E-state index in [1.54, 1.807) is 32.9 Å². The SMILES string of the molecule is Cc1ccc(C#Cc2ccc(S(=O)(=O)NC(C(=O)O)C(C)C)cc2)cc1F. The standard InChI is InChI=1S/C20H20FNO4S/c1-13(2)19(20(23)24)22-27(25,26)17-10-8-15(9-11-17)6-7-16-5-4-14(3)18(21)12-16/h4-5,8-13,19,22H,1-3H3,(H,23,24). The van der Waals surface area contributed by atoms with Gasteiger partial charge in [-0.2, -0.15) is 4.72 Å². The molecule has 142 valence electrons. The van der Waals surface area contributed by atoms with Crippen LogP contribution < -0.4 is 4.72 Å². The first-order valence-corrected chi connectivity index (χ1v) is 9.72. The van der Waals surface area contributed by atoms with Gasteiger partial charge in [0.15, 0.2) is 0 Å². The van der Waals surface area contributed by atoms with Gasteiger partial charge in [-0.3, -0.25) is 4.79 Å². The molecule has 0 saturated heterocycles. The van der Waals surface area contributed by atoms with E-state index in [0.29, 0.717) is 16.7 Å². The van der Waals surface area contributed by atoms with Crippen LogP contribution in [0.2, 0.25) is 0 Å². The first-order chi connectivity index (χ1) is 12.6. The number of sulfonamides is 1. The Labute approximate surface area is 158 Å². The molecule has 2 aromatic carbocycles. The van der Waals surface area contributed by atoms with Crippen molar-refractivity contribution >= 4 is 16.0 Å². The quantitative estimate of drug-likeness (QED) is 0.771. The molecule has 0 fully saturated rings. The van der Waals surface area contributed by atoms with Crippen molar-refractivity contribution in [2.24, 2.45) is 5.92 Å². The average Bonchev–Trinajstić information content (AvgIpc) is 2.60. The molecule has 2 N–H and O–H groups in total. The molecule has 5 nitrogen and oxygen atoms in total. The summed E-state index contributed by atoms with van der Waals surface area (Å²) in [6.45, 7) is 4.90. The van der Waals surface area contributed by atoms with Gasteiger partial charge in [0.05, 0.1) is 4.90 Å². The lowest BCUT2D eigenvalue weighted by Crippen LogP contribution is -2.44. The lowest BCUT2D eigenvalue weighted by molar-refractivity contribution is -0.140. The summed E-state index contributed by atoms with van der Waals surface area (Å²) in [5.41, 5.74) is 1.59. The van der Waals surface area contributed by atoms with E-state index in [2.05, 4.69) is 16.6 Å². The van der Waals surface area contributed by atoms with Gasteiger partial charge >= 0.3 is 5.97 Å². The highest BCUT2D eigenvalue weighted by molar-refractivity contribution is 7.89. The molecule has 27 heavy (non-hydrogen) atoms. The average molecular weight is 389 g/mol. The summed E-state index contributed by atoms with van der Waals surface area (Å²) >= 11 is 0. The fraction of sp³-hybridized carbons (Fsp3) is 0.250. The number of carboxylic acids is 1. The van der Waals surface area contributed by atoms with Crippen LogP contribution in [0.3, 0.4) is 0 Å². The lowest BCUT2D eigenvalue weighted by atomic mass is 10.1. The zero-order chi connectivity index (χ0) is 20.2. The molecule has 0 aliphatic carbocycles. The van der Waals surface area contributed by atoms with Crippen molar-refractivity contribution in [2.45, 2.75) is 31.7 Å². The van der Waals surface area contributed by atoms with E-state index in [1.807, 2.05) is 0 Å². The maximum Gasteiger partial charge on any atom is 0.322 e. The predicted octanol–water partition coefficient (Wildman–Crippen LogP) is 2.92. The number of rotatable bonds is 5. The van der Waals surface area contributed by atoms with Gasteiger partial charge < -0.3 is 5.11 Å². The molecule has 1 unspecified atom stereocenters. The van der Waals surface area contributed by atoms with Crippen LogP contribution in [0.4, 0.5) is 4.39 Å². The largest absolute Gasteiger partial charge is 0.480 e. The van der Waals surface area contributed by atoms with E-state index >= 15 is 0 Å². The van der Waals surface area contributed by atoms with Crippen LogP contribution in [-0.4, -0.2) is 25.5 Å². The van der Waals surface area contributed by atoms with Crippen LogP contribution in [0.25, 0.3) is 0 Å². The monoisotopic (exact) mass is 389 g/mol. The second kappa shape index (κ2) is 8.33. The Hall–Kier alpha value is -2.69. The Bertz CT molecular complexity index is 1000. The topological polar surface area (TPSA) is 83.5 Å². The summed E-state index contributed by atoms with van der Waals surface area (Å²) in [5, 5.41) is 9.14. The molecular weight excluding hydrogens is 369 g/mol. The maximum absolute atomic E-state index is 13.5. The lowest BCUT2D eigenvalue weighted by Gasteiger charge is -2.17. The molecule has 1 atom stereocenters. The van der Waals surface area contributed by atoms with Gasteiger partial charge in [0.25, 0.3) is 0 Å². The third-order valence-electron chi connectivity index (χ3n) is 3.90. The fourth-order valence-electron chi connectivity index (χ4n) is 2.24. The fourth-order valence-corrected chi connectivity index (χ4v) is 3.58. The van der Waals surface area contributed by atoms with Gasteiger partial charge in [0.2, 0.25) is 10.0 Å². The number of carbonyl (C=O) groups is 1. The van der Waals surface area contributed by atoms with Gasteiger partial charge in [0, 0.05) is 11.1 Å². The molecule has 0 heterocycles. The van der Waals surface area contributed by atoms with Gasteiger partial charge in [-0.15, -0.1) is 0 Å². The van der Waals surface area contributed by atoms with Gasteiger partial charge in [-0.05, 0) is 54.8 Å². The summed E-state index contributed by atoms with van der Waals surface area (Å²) in [6.07, 6.45) is 0. The first kappa shape index (κ1) is 20.6. The van der Waals surface area contributed by atoms with Gasteiger partial charge in [-0.1, -0.05) is 31.8 Å². The first-order valence-electron chi connectivity index (χ1n) is 8.23. The predicted molar refractivity (Wildman–Crippen MR) is 100 cm³/mol. The van der Waals surface area contributed by atoms with Crippen LogP contribution in [0.1, 0.15) is 30.5 Å². The van der Waals surface area contributed by atoms with Crippen LogP contribution in [-0.2, 0) is 14.8 Å². The molecule has 0 saturated carbocycles. The minimum Gasteiger partial charge on any atom is -0.480 e. The Morgan fingerprint density at radius 2 is 1.63 bits per heavy atom. The van der Waals surface area contributed by atoms with E-state index in [-0.39, 0.29) is 10.7 Å². The Morgan fingerprint density at radius 3 is 2.15 bits per heavy atom. The third-order valence-corrected chi connectivity index (χ3v) is 5.36. The number of hydrogen-bond donors (Lipinski definition) is 2. The molecule has 0 bridgehead atoms. The molecule has 2 rings (SSSR count). The second-order valence-corrected chi connectivity index (χ2v) is 8.13. The minimum atomic E-state index is -3.97. The summed E-state index contributed by atoms with van der Waals surface area (Å²) in [5.74, 6) is 3.67. The normalized spacial score (nSPS) is 12.3. The van der Waals surface area contributed by atoms with Crippen molar-refractivity contribution in [1.82, 2.24) is 4.72 Å². The number of benzene rings is 2. The van der Waals surface area contributed by atoms with Crippen molar-refractivity contribution in [3.63, 3.8) is 0 Å².